The number of rotatable bonds is 4. The number of aliphatic hydroxyl groups is 1. The third-order valence-electron chi connectivity index (χ3n) is 2.93. The standard InChI is InChI=1S/C16H16O3/c1-11(2)16(18)19-10-12-6-7-13-4-3-5-14(9-17)15(13)8-12/h3-8,17H,1,9-10H2,2H3. The predicted octanol–water partition coefficient (Wildman–Crippen LogP) is 2.95. The van der Waals surface area contributed by atoms with Crippen molar-refractivity contribution in [1.82, 2.24) is 0 Å². The van der Waals surface area contributed by atoms with Crippen molar-refractivity contribution in [2.24, 2.45) is 0 Å². The molecule has 0 aliphatic heterocycles. The molecule has 2 aromatic rings. The van der Waals surface area contributed by atoms with Gasteiger partial charge in [0.05, 0.1) is 6.61 Å². The number of carbonyl (C=O) groups is 1. The average molecular weight is 256 g/mol. The lowest BCUT2D eigenvalue weighted by Gasteiger charge is -2.08. The molecule has 3 nitrogen and oxygen atoms in total. The fraction of sp³-hybridized carbons (Fsp3) is 0.188. The zero-order valence-corrected chi connectivity index (χ0v) is 10.8. The molecule has 0 fully saturated rings. The first kappa shape index (κ1) is 13.3. The van der Waals surface area contributed by atoms with Gasteiger partial charge in [-0.05, 0) is 34.9 Å². The molecule has 98 valence electrons. The van der Waals surface area contributed by atoms with Gasteiger partial charge in [-0.3, -0.25) is 0 Å². The smallest absolute Gasteiger partial charge is 0.333 e. The lowest BCUT2D eigenvalue weighted by atomic mass is 10.0. The van der Waals surface area contributed by atoms with Crippen LogP contribution in [-0.4, -0.2) is 11.1 Å². The highest BCUT2D eigenvalue weighted by Crippen LogP contribution is 2.21. The summed E-state index contributed by atoms with van der Waals surface area (Å²) in [4.78, 5) is 11.3. The first-order chi connectivity index (χ1) is 9.11. The number of ether oxygens (including phenoxy) is 1. The van der Waals surface area contributed by atoms with E-state index in [9.17, 15) is 9.90 Å². The summed E-state index contributed by atoms with van der Waals surface area (Å²) in [7, 11) is 0. The molecule has 0 aromatic heterocycles. The van der Waals surface area contributed by atoms with Crippen molar-refractivity contribution in [1.29, 1.82) is 0 Å². The van der Waals surface area contributed by atoms with Crippen LogP contribution in [0.1, 0.15) is 18.1 Å². The summed E-state index contributed by atoms with van der Waals surface area (Å²) in [6.07, 6.45) is 0. The number of benzene rings is 2. The van der Waals surface area contributed by atoms with Crippen molar-refractivity contribution in [3.63, 3.8) is 0 Å². The Bertz CT molecular complexity index is 629. The van der Waals surface area contributed by atoms with Crippen LogP contribution in [-0.2, 0) is 22.7 Å². The van der Waals surface area contributed by atoms with Crippen molar-refractivity contribution in [2.75, 3.05) is 0 Å². The van der Waals surface area contributed by atoms with E-state index in [1.165, 1.54) is 0 Å². The Morgan fingerprint density at radius 1 is 1.32 bits per heavy atom. The van der Waals surface area contributed by atoms with Gasteiger partial charge < -0.3 is 9.84 Å². The number of carbonyl (C=O) groups excluding carboxylic acids is 1. The van der Waals surface area contributed by atoms with E-state index >= 15 is 0 Å². The fourth-order valence-corrected chi connectivity index (χ4v) is 1.88. The molecule has 0 unspecified atom stereocenters. The largest absolute Gasteiger partial charge is 0.457 e. The summed E-state index contributed by atoms with van der Waals surface area (Å²) in [6, 6.07) is 11.6. The number of esters is 1. The Morgan fingerprint density at radius 2 is 2.11 bits per heavy atom. The van der Waals surface area contributed by atoms with Crippen LogP contribution < -0.4 is 0 Å². The highest BCUT2D eigenvalue weighted by Gasteiger charge is 2.05. The van der Waals surface area contributed by atoms with Crippen LogP contribution in [0.3, 0.4) is 0 Å². The van der Waals surface area contributed by atoms with Crippen LogP contribution in [0.15, 0.2) is 48.6 Å². The van der Waals surface area contributed by atoms with E-state index in [1.54, 1.807) is 6.92 Å². The Kier molecular flexibility index (Phi) is 3.97. The minimum Gasteiger partial charge on any atom is -0.457 e. The van der Waals surface area contributed by atoms with Gasteiger partial charge in [-0.25, -0.2) is 4.79 Å². The van der Waals surface area contributed by atoms with Gasteiger partial charge in [-0.15, -0.1) is 0 Å². The van der Waals surface area contributed by atoms with Gasteiger partial charge in [-0.2, -0.15) is 0 Å². The van der Waals surface area contributed by atoms with Gasteiger partial charge in [0.25, 0.3) is 0 Å². The van der Waals surface area contributed by atoms with E-state index in [0.717, 1.165) is 21.9 Å². The normalized spacial score (nSPS) is 10.4. The minimum atomic E-state index is -0.393. The van der Waals surface area contributed by atoms with E-state index in [0.29, 0.717) is 5.57 Å². The molecule has 0 spiro atoms. The molecule has 0 radical (unpaired) electrons. The first-order valence-corrected chi connectivity index (χ1v) is 6.06. The predicted molar refractivity (Wildman–Crippen MR) is 74.5 cm³/mol. The van der Waals surface area contributed by atoms with Crippen LogP contribution in [0.4, 0.5) is 0 Å². The lowest BCUT2D eigenvalue weighted by molar-refractivity contribution is -0.140. The van der Waals surface area contributed by atoms with Crippen LogP contribution >= 0.6 is 0 Å². The summed E-state index contributed by atoms with van der Waals surface area (Å²) < 4.78 is 5.11. The summed E-state index contributed by atoms with van der Waals surface area (Å²) in [5.74, 6) is -0.393. The molecule has 1 N–H and O–H groups in total. The number of hydrogen-bond acceptors (Lipinski definition) is 3. The quantitative estimate of drug-likeness (QED) is 0.675. The van der Waals surface area contributed by atoms with Gasteiger partial charge in [-0.1, -0.05) is 36.9 Å². The zero-order valence-electron chi connectivity index (χ0n) is 10.8. The molecule has 0 amide bonds. The maximum atomic E-state index is 11.3. The maximum Gasteiger partial charge on any atom is 0.333 e. The van der Waals surface area contributed by atoms with Crippen LogP contribution in [0.2, 0.25) is 0 Å². The molecule has 0 aliphatic carbocycles. The van der Waals surface area contributed by atoms with Gasteiger partial charge in [0.1, 0.15) is 6.61 Å². The van der Waals surface area contributed by atoms with Crippen LogP contribution in [0.5, 0.6) is 0 Å². The Labute approximate surface area is 112 Å². The number of fused-ring (bicyclic) bond motifs is 1. The molecule has 0 atom stereocenters. The molecule has 19 heavy (non-hydrogen) atoms. The minimum absolute atomic E-state index is 0.00759. The Hall–Kier alpha value is -2.13. The second-order valence-electron chi connectivity index (χ2n) is 4.49. The van der Waals surface area contributed by atoms with Gasteiger partial charge >= 0.3 is 5.97 Å². The molecular formula is C16H16O3. The number of aliphatic hydroxyl groups excluding tert-OH is 1. The molecule has 0 bridgehead atoms. The topological polar surface area (TPSA) is 46.5 Å². The van der Waals surface area contributed by atoms with E-state index in [4.69, 9.17) is 4.74 Å². The van der Waals surface area contributed by atoms with E-state index in [1.807, 2.05) is 36.4 Å². The summed E-state index contributed by atoms with van der Waals surface area (Å²) in [5.41, 5.74) is 2.14. The summed E-state index contributed by atoms with van der Waals surface area (Å²) in [6.45, 7) is 5.36. The monoisotopic (exact) mass is 256 g/mol. The van der Waals surface area contributed by atoms with Gasteiger partial charge in [0, 0.05) is 5.57 Å². The van der Waals surface area contributed by atoms with Crippen molar-refractivity contribution in [2.45, 2.75) is 20.1 Å². The molecular weight excluding hydrogens is 240 g/mol. The third-order valence-corrected chi connectivity index (χ3v) is 2.93. The van der Waals surface area contributed by atoms with Gasteiger partial charge in [0.2, 0.25) is 0 Å². The van der Waals surface area contributed by atoms with Crippen molar-refractivity contribution >= 4 is 16.7 Å². The summed E-state index contributed by atoms with van der Waals surface area (Å²) >= 11 is 0. The third kappa shape index (κ3) is 3.01. The van der Waals surface area contributed by atoms with Gasteiger partial charge in [0.15, 0.2) is 0 Å². The highest BCUT2D eigenvalue weighted by atomic mass is 16.5. The Morgan fingerprint density at radius 3 is 2.79 bits per heavy atom. The second kappa shape index (κ2) is 5.67. The maximum absolute atomic E-state index is 11.3. The fourth-order valence-electron chi connectivity index (χ4n) is 1.88. The molecule has 2 rings (SSSR count). The molecule has 0 heterocycles. The van der Waals surface area contributed by atoms with E-state index < -0.39 is 5.97 Å². The highest BCUT2D eigenvalue weighted by molar-refractivity contribution is 5.87. The van der Waals surface area contributed by atoms with E-state index in [2.05, 4.69) is 6.58 Å². The van der Waals surface area contributed by atoms with Crippen LogP contribution in [0, 0.1) is 0 Å². The first-order valence-electron chi connectivity index (χ1n) is 6.06. The number of hydrogen-bond donors (Lipinski definition) is 1. The van der Waals surface area contributed by atoms with Crippen LogP contribution in [0.25, 0.3) is 10.8 Å². The van der Waals surface area contributed by atoms with Crippen molar-refractivity contribution in [3.8, 4) is 0 Å². The second-order valence-corrected chi connectivity index (χ2v) is 4.49. The molecule has 0 aliphatic rings. The zero-order chi connectivity index (χ0) is 13.8. The van der Waals surface area contributed by atoms with Crippen molar-refractivity contribution in [3.05, 3.63) is 59.7 Å². The summed E-state index contributed by atoms with van der Waals surface area (Å²) in [5, 5.41) is 11.4. The molecule has 3 heteroatoms. The molecule has 0 saturated carbocycles. The SMILES string of the molecule is C=C(C)C(=O)OCc1ccc2cccc(CO)c2c1. The van der Waals surface area contributed by atoms with E-state index in [-0.39, 0.29) is 13.2 Å². The molecule has 0 saturated heterocycles. The average Bonchev–Trinajstić information content (AvgIpc) is 2.43. The lowest BCUT2D eigenvalue weighted by Crippen LogP contribution is -2.04. The molecule has 2 aromatic carbocycles. The van der Waals surface area contributed by atoms with Crippen molar-refractivity contribution < 1.29 is 14.6 Å². The Balaban J connectivity index is 2.26.